The topological polar surface area (TPSA) is 21.3 Å². The van der Waals surface area contributed by atoms with Crippen molar-refractivity contribution < 1.29 is 4.74 Å². The molecule has 1 aromatic carbocycles. The average Bonchev–Trinajstić information content (AvgIpc) is 2.30. The molecule has 0 saturated heterocycles. The minimum absolute atomic E-state index is 0.0704. The molecule has 0 aliphatic heterocycles. The van der Waals surface area contributed by atoms with E-state index in [0.29, 0.717) is 22.6 Å². The van der Waals surface area contributed by atoms with E-state index in [-0.39, 0.29) is 5.41 Å². The highest BCUT2D eigenvalue weighted by atomic mass is 35.5. The number of ether oxygens (including phenoxy) is 1. The molecule has 0 amide bonds. The quantitative estimate of drug-likeness (QED) is 0.792. The van der Waals surface area contributed by atoms with Gasteiger partial charge < -0.3 is 10.1 Å². The molecule has 1 aromatic rings. The first kappa shape index (κ1) is 16.6. The number of rotatable bonds is 7. The van der Waals surface area contributed by atoms with E-state index < -0.39 is 0 Å². The van der Waals surface area contributed by atoms with E-state index >= 15 is 0 Å². The standard InChI is InChI=1S/C15H23Cl2NO/c1-11(2)8-18-9-15(3,4)10-19-12-5-6-13(16)14(17)7-12/h5-7,11,18H,8-10H2,1-4H3. The van der Waals surface area contributed by atoms with Crippen LogP contribution in [-0.4, -0.2) is 19.7 Å². The molecule has 0 spiro atoms. The van der Waals surface area contributed by atoms with Crippen molar-refractivity contribution in [3.05, 3.63) is 28.2 Å². The third-order valence-corrected chi connectivity index (χ3v) is 3.42. The fraction of sp³-hybridized carbons (Fsp3) is 0.600. The lowest BCUT2D eigenvalue weighted by atomic mass is 9.94. The van der Waals surface area contributed by atoms with E-state index in [0.717, 1.165) is 18.8 Å². The van der Waals surface area contributed by atoms with Gasteiger partial charge in [0.2, 0.25) is 0 Å². The molecular formula is C15H23Cl2NO. The van der Waals surface area contributed by atoms with E-state index in [1.54, 1.807) is 12.1 Å². The molecule has 0 unspecified atom stereocenters. The SMILES string of the molecule is CC(C)CNCC(C)(C)COc1ccc(Cl)c(Cl)c1. The van der Waals surface area contributed by atoms with Crippen LogP contribution in [0.15, 0.2) is 18.2 Å². The highest BCUT2D eigenvalue weighted by Gasteiger charge is 2.18. The van der Waals surface area contributed by atoms with Crippen LogP contribution < -0.4 is 10.1 Å². The summed E-state index contributed by atoms with van der Waals surface area (Å²) in [7, 11) is 0. The molecule has 0 aliphatic carbocycles. The molecule has 4 heteroatoms. The Kier molecular flexibility index (Phi) is 6.45. The summed E-state index contributed by atoms with van der Waals surface area (Å²) in [6.07, 6.45) is 0. The maximum atomic E-state index is 5.96. The van der Waals surface area contributed by atoms with Crippen LogP contribution in [0.1, 0.15) is 27.7 Å². The Hall–Kier alpha value is -0.440. The maximum absolute atomic E-state index is 5.96. The predicted molar refractivity (Wildman–Crippen MR) is 83.4 cm³/mol. The molecule has 0 heterocycles. The predicted octanol–water partition coefficient (Wildman–Crippen LogP) is 4.64. The molecule has 0 aromatic heterocycles. The largest absolute Gasteiger partial charge is 0.493 e. The van der Waals surface area contributed by atoms with E-state index in [4.69, 9.17) is 27.9 Å². The van der Waals surface area contributed by atoms with Crippen molar-refractivity contribution >= 4 is 23.2 Å². The van der Waals surface area contributed by atoms with Crippen molar-refractivity contribution in [3.63, 3.8) is 0 Å². The van der Waals surface area contributed by atoms with Gasteiger partial charge in [-0.1, -0.05) is 50.9 Å². The van der Waals surface area contributed by atoms with E-state index in [1.165, 1.54) is 0 Å². The minimum atomic E-state index is 0.0704. The summed E-state index contributed by atoms with van der Waals surface area (Å²) < 4.78 is 5.78. The van der Waals surface area contributed by atoms with Crippen LogP contribution in [0.25, 0.3) is 0 Å². The Morgan fingerprint density at radius 2 is 1.89 bits per heavy atom. The van der Waals surface area contributed by atoms with Crippen molar-refractivity contribution in [2.75, 3.05) is 19.7 Å². The summed E-state index contributed by atoms with van der Waals surface area (Å²) in [6, 6.07) is 5.34. The van der Waals surface area contributed by atoms with Crippen LogP contribution in [0.2, 0.25) is 10.0 Å². The van der Waals surface area contributed by atoms with E-state index in [1.807, 2.05) is 6.07 Å². The molecular weight excluding hydrogens is 281 g/mol. The normalized spacial score (nSPS) is 11.9. The van der Waals surface area contributed by atoms with Crippen LogP contribution in [-0.2, 0) is 0 Å². The highest BCUT2D eigenvalue weighted by molar-refractivity contribution is 6.42. The zero-order valence-electron chi connectivity index (χ0n) is 12.1. The van der Waals surface area contributed by atoms with Crippen LogP contribution in [0.5, 0.6) is 5.75 Å². The van der Waals surface area contributed by atoms with Gasteiger partial charge in [0.15, 0.2) is 0 Å². The average molecular weight is 304 g/mol. The molecule has 1 N–H and O–H groups in total. The molecule has 0 radical (unpaired) electrons. The van der Waals surface area contributed by atoms with Gasteiger partial charge in [-0.05, 0) is 24.6 Å². The van der Waals surface area contributed by atoms with Crippen molar-refractivity contribution in [1.29, 1.82) is 0 Å². The van der Waals surface area contributed by atoms with Gasteiger partial charge in [-0.25, -0.2) is 0 Å². The van der Waals surface area contributed by atoms with Crippen LogP contribution >= 0.6 is 23.2 Å². The Morgan fingerprint density at radius 3 is 2.47 bits per heavy atom. The first-order valence-electron chi connectivity index (χ1n) is 6.59. The van der Waals surface area contributed by atoms with Gasteiger partial charge in [0.05, 0.1) is 16.7 Å². The highest BCUT2D eigenvalue weighted by Crippen LogP contribution is 2.27. The molecule has 2 nitrogen and oxygen atoms in total. The van der Waals surface area contributed by atoms with Gasteiger partial charge in [0.1, 0.15) is 5.75 Å². The van der Waals surface area contributed by atoms with Crippen molar-refractivity contribution in [3.8, 4) is 5.75 Å². The molecule has 1 rings (SSSR count). The third kappa shape index (κ3) is 6.51. The summed E-state index contributed by atoms with van der Waals surface area (Å²) in [6.45, 7) is 11.3. The fourth-order valence-electron chi connectivity index (χ4n) is 1.60. The number of hydrogen-bond donors (Lipinski definition) is 1. The summed E-state index contributed by atoms with van der Waals surface area (Å²) in [5.41, 5.74) is 0.0704. The number of hydrogen-bond acceptors (Lipinski definition) is 2. The Balaban J connectivity index is 2.43. The van der Waals surface area contributed by atoms with Crippen LogP contribution in [0.3, 0.4) is 0 Å². The molecule has 19 heavy (non-hydrogen) atoms. The van der Waals surface area contributed by atoms with Crippen LogP contribution in [0.4, 0.5) is 0 Å². The Labute approximate surface area is 126 Å². The fourth-order valence-corrected chi connectivity index (χ4v) is 1.88. The van der Waals surface area contributed by atoms with Gasteiger partial charge in [-0.15, -0.1) is 0 Å². The molecule has 108 valence electrons. The Morgan fingerprint density at radius 1 is 1.21 bits per heavy atom. The van der Waals surface area contributed by atoms with E-state index in [2.05, 4.69) is 33.0 Å². The number of halogens is 2. The third-order valence-electron chi connectivity index (χ3n) is 2.68. The molecule has 0 bridgehead atoms. The van der Waals surface area contributed by atoms with Gasteiger partial charge >= 0.3 is 0 Å². The van der Waals surface area contributed by atoms with Gasteiger partial charge in [0.25, 0.3) is 0 Å². The number of nitrogens with one attached hydrogen (secondary N) is 1. The lowest BCUT2D eigenvalue weighted by molar-refractivity contribution is 0.175. The summed E-state index contributed by atoms with van der Waals surface area (Å²) in [5, 5.41) is 4.53. The second-order valence-corrected chi connectivity index (χ2v) is 6.87. The van der Waals surface area contributed by atoms with Crippen LogP contribution in [0, 0.1) is 11.3 Å². The molecule has 0 saturated carbocycles. The first-order chi connectivity index (χ1) is 8.80. The second kappa shape index (κ2) is 7.37. The lowest BCUT2D eigenvalue weighted by Crippen LogP contribution is -2.35. The van der Waals surface area contributed by atoms with Crippen molar-refractivity contribution in [2.24, 2.45) is 11.3 Å². The van der Waals surface area contributed by atoms with Crippen molar-refractivity contribution in [1.82, 2.24) is 5.32 Å². The summed E-state index contributed by atoms with van der Waals surface area (Å²) in [4.78, 5) is 0. The smallest absolute Gasteiger partial charge is 0.120 e. The van der Waals surface area contributed by atoms with E-state index in [9.17, 15) is 0 Å². The minimum Gasteiger partial charge on any atom is -0.493 e. The molecule has 0 fully saturated rings. The lowest BCUT2D eigenvalue weighted by Gasteiger charge is -2.25. The van der Waals surface area contributed by atoms with Crippen molar-refractivity contribution in [2.45, 2.75) is 27.7 Å². The zero-order chi connectivity index (χ0) is 14.5. The second-order valence-electron chi connectivity index (χ2n) is 6.05. The first-order valence-corrected chi connectivity index (χ1v) is 7.34. The monoisotopic (exact) mass is 303 g/mol. The van der Waals surface area contributed by atoms with Gasteiger partial charge in [-0.3, -0.25) is 0 Å². The van der Waals surface area contributed by atoms with Gasteiger partial charge in [-0.2, -0.15) is 0 Å². The number of benzene rings is 1. The summed E-state index contributed by atoms with van der Waals surface area (Å²) in [5.74, 6) is 1.41. The summed E-state index contributed by atoms with van der Waals surface area (Å²) >= 11 is 11.8. The molecule has 0 atom stereocenters. The maximum Gasteiger partial charge on any atom is 0.120 e. The zero-order valence-corrected chi connectivity index (χ0v) is 13.6. The Bertz CT molecular complexity index is 405. The molecule has 0 aliphatic rings. The van der Waals surface area contributed by atoms with Gasteiger partial charge in [0, 0.05) is 18.0 Å².